The second-order valence-electron chi connectivity index (χ2n) is 6.39. The fraction of sp³-hybridized carbons (Fsp3) is 0.444. The third-order valence-corrected chi connectivity index (χ3v) is 4.66. The van der Waals surface area contributed by atoms with Crippen LogP contribution in [0.25, 0.3) is 0 Å². The third-order valence-electron chi connectivity index (χ3n) is 4.66. The molecule has 4 heterocycles. The van der Waals surface area contributed by atoms with Crippen molar-refractivity contribution < 1.29 is 9.53 Å². The van der Waals surface area contributed by atoms with E-state index in [0.717, 1.165) is 31.1 Å². The maximum atomic E-state index is 12.5. The van der Waals surface area contributed by atoms with Crippen molar-refractivity contribution in [2.75, 3.05) is 31.1 Å². The van der Waals surface area contributed by atoms with E-state index in [9.17, 15) is 4.79 Å². The number of pyridine rings is 1. The highest BCUT2D eigenvalue weighted by atomic mass is 16.5. The van der Waals surface area contributed by atoms with Gasteiger partial charge in [-0.05, 0) is 25.0 Å². The molecule has 0 aromatic carbocycles. The van der Waals surface area contributed by atoms with Gasteiger partial charge < -0.3 is 14.5 Å². The second kappa shape index (κ2) is 7.04. The lowest BCUT2D eigenvalue weighted by Crippen LogP contribution is -2.31. The van der Waals surface area contributed by atoms with Crippen LogP contribution < -0.4 is 9.64 Å². The van der Waals surface area contributed by atoms with Crippen LogP contribution in [-0.2, 0) is 0 Å². The van der Waals surface area contributed by atoms with E-state index in [1.165, 1.54) is 25.2 Å². The molecule has 7 heteroatoms. The van der Waals surface area contributed by atoms with E-state index in [-0.39, 0.29) is 12.0 Å². The van der Waals surface area contributed by atoms with Gasteiger partial charge in [-0.1, -0.05) is 0 Å². The highest BCUT2D eigenvalue weighted by Crippen LogP contribution is 2.30. The molecule has 2 fully saturated rings. The minimum absolute atomic E-state index is 0.0221. The Morgan fingerprint density at radius 3 is 2.80 bits per heavy atom. The number of likely N-dealkylation sites (tertiary alicyclic amines) is 1. The number of hydrogen-bond donors (Lipinski definition) is 0. The first kappa shape index (κ1) is 15.8. The average molecular weight is 339 g/mol. The van der Waals surface area contributed by atoms with Gasteiger partial charge in [0.1, 0.15) is 11.8 Å². The van der Waals surface area contributed by atoms with E-state index >= 15 is 0 Å². The third kappa shape index (κ3) is 3.40. The molecule has 0 saturated carbocycles. The molecule has 1 amide bonds. The summed E-state index contributed by atoms with van der Waals surface area (Å²) in [6.07, 6.45) is 9.58. The van der Waals surface area contributed by atoms with Crippen molar-refractivity contribution in [3.63, 3.8) is 0 Å². The Bertz CT molecular complexity index is 733. The first-order valence-electron chi connectivity index (χ1n) is 8.73. The number of nitrogens with zero attached hydrogens (tertiary/aromatic N) is 5. The topological polar surface area (TPSA) is 71.5 Å². The van der Waals surface area contributed by atoms with Crippen molar-refractivity contribution >= 4 is 11.7 Å². The summed E-state index contributed by atoms with van der Waals surface area (Å²) in [5.41, 5.74) is 0.377. The van der Waals surface area contributed by atoms with Gasteiger partial charge >= 0.3 is 0 Å². The zero-order valence-electron chi connectivity index (χ0n) is 14.0. The standard InChI is InChI=1S/C18H21N5O2/c24-18(15-12-19-7-8-20-15)23-11-5-14(13-23)25-16-4-3-6-21-17(16)22-9-1-2-10-22/h3-4,6-8,12,14H,1-2,5,9-11,13H2/t14-/m0/s1. The van der Waals surface area contributed by atoms with Crippen LogP contribution in [0.4, 0.5) is 5.82 Å². The van der Waals surface area contributed by atoms with E-state index in [2.05, 4.69) is 19.9 Å². The van der Waals surface area contributed by atoms with E-state index in [0.29, 0.717) is 18.8 Å². The van der Waals surface area contributed by atoms with Crippen molar-refractivity contribution in [1.82, 2.24) is 19.9 Å². The van der Waals surface area contributed by atoms with Crippen molar-refractivity contribution in [1.29, 1.82) is 0 Å². The number of hydrogen-bond acceptors (Lipinski definition) is 6. The summed E-state index contributed by atoms with van der Waals surface area (Å²) in [7, 11) is 0. The second-order valence-corrected chi connectivity index (χ2v) is 6.39. The Hall–Kier alpha value is -2.70. The molecule has 0 aliphatic carbocycles. The first-order valence-corrected chi connectivity index (χ1v) is 8.73. The summed E-state index contributed by atoms with van der Waals surface area (Å²) in [4.78, 5) is 29.1. The van der Waals surface area contributed by atoms with E-state index < -0.39 is 0 Å². The minimum atomic E-state index is -0.0925. The molecule has 2 aliphatic rings. The molecule has 7 nitrogen and oxygen atoms in total. The molecule has 0 spiro atoms. The Balaban J connectivity index is 1.42. The van der Waals surface area contributed by atoms with Crippen molar-refractivity contribution in [3.05, 3.63) is 42.6 Å². The van der Waals surface area contributed by atoms with Crippen molar-refractivity contribution in [2.24, 2.45) is 0 Å². The molecular formula is C18H21N5O2. The molecule has 1 atom stereocenters. The number of carbonyl (C=O) groups excluding carboxylic acids is 1. The molecule has 2 aromatic heterocycles. The Labute approximate surface area is 146 Å². The van der Waals surface area contributed by atoms with Gasteiger partial charge in [-0.3, -0.25) is 9.78 Å². The smallest absolute Gasteiger partial charge is 0.274 e. The van der Waals surface area contributed by atoms with E-state index in [1.54, 1.807) is 17.3 Å². The van der Waals surface area contributed by atoms with Gasteiger partial charge in [-0.25, -0.2) is 9.97 Å². The summed E-state index contributed by atoms with van der Waals surface area (Å²) >= 11 is 0. The van der Waals surface area contributed by atoms with Crippen LogP contribution in [0.3, 0.4) is 0 Å². The Morgan fingerprint density at radius 1 is 1.12 bits per heavy atom. The fourth-order valence-electron chi connectivity index (χ4n) is 3.40. The quantitative estimate of drug-likeness (QED) is 0.845. The average Bonchev–Trinajstić information content (AvgIpc) is 3.34. The SMILES string of the molecule is O=C(c1cnccn1)N1CC[C@H](Oc2cccnc2N2CCCC2)C1. The van der Waals surface area contributed by atoms with Crippen LogP contribution in [0.1, 0.15) is 29.8 Å². The summed E-state index contributed by atoms with van der Waals surface area (Å²) in [5, 5.41) is 0. The largest absolute Gasteiger partial charge is 0.485 e. The van der Waals surface area contributed by atoms with Gasteiger partial charge in [0, 0.05) is 44.6 Å². The number of ether oxygens (including phenoxy) is 1. The maximum absolute atomic E-state index is 12.5. The first-order chi connectivity index (χ1) is 12.3. The summed E-state index contributed by atoms with van der Waals surface area (Å²) in [6.45, 7) is 3.27. The molecule has 0 bridgehead atoms. The molecule has 4 rings (SSSR count). The van der Waals surface area contributed by atoms with Gasteiger partial charge in [0.05, 0.1) is 12.7 Å². The Morgan fingerprint density at radius 2 is 2.00 bits per heavy atom. The summed E-state index contributed by atoms with van der Waals surface area (Å²) in [6, 6.07) is 3.86. The van der Waals surface area contributed by atoms with Crippen LogP contribution in [0, 0.1) is 0 Å². The molecule has 2 aromatic rings. The maximum Gasteiger partial charge on any atom is 0.274 e. The summed E-state index contributed by atoms with van der Waals surface area (Å²) < 4.78 is 6.20. The number of aromatic nitrogens is 3. The summed E-state index contributed by atoms with van der Waals surface area (Å²) in [5.74, 6) is 1.63. The van der Waals surface area contributed by atoms with Crippen LogP contribution >= 0.6 is 0 Å². The fourth-order valence-corrected chi connectivity index (χ4v) is 3.40. The molecule has 2 saturated heterocycles. The van der Waals surface area contributed by atoms with E-state index in [4.69, 9.17) is 4.74 Å². The molecule has 130 valence electrons. The number of carbonyl (C=O) groups is 1. The van der Waals surface area contributed by atoms with E-state index in [1.807, 2.05) is 12.1 Å². The number of rotatable bonds is 4. The van der Waals surface area contributed by atoms with Crippen LogP contribution in [0.5, 0.6) is 5.75 Å². The highest BCUT2D eigenvalue weighted by molar-refractivity contribution is 5.92. The zero-order chi connectivity index (χ0) is 17.1. The molecule has 2 aliphatic heterocycles. The molecule has 0 radical (unpaired) electrons. The minimum Gasteiger partial charge on any atom is -0.485 e. The molecule has 25 heavy (non-hydrogen) atoms. The monoisotopic (exact) mass is 339 g/mol. The van der Waals surface area contributed by atoms with Gasteiger partial charge in [0.2, 0.25) is 0 Å². The lowest BCUT2D eigenvalue weighted by molar-refractivity contribution is 0.0766. The molecule has 0 unspecified atom stereocenters. The van der Waals surface area contributed by atoms with Crippen molar-refractivity contribution in [3.8, 4) is 5.75 Å². The zero-order valence-corrected chi connectivity index (χ0v) is 14.0. The van der Waals surface area contributed by atoms with Crippen molar-refractivity contribution in [2.45, 2.75) is 25.4 Å². The van der Waals surface area contributed by atoms with Gasteiger partial charge in [-0.2, -0.15) is 0 Å². The van der Waals surface area contributed by atoms with Gasteiger partial charge in [0.25, 0.3) is 5.91 Å². The van der Waals surface area contributed by atoms with Crippen LogP contribution in [0.15, 0.2) is 36.9 Å². The predicted octanol–water partition coefficient (Wildman–Crippen LogP) is 1.77. The van der Waals surface area contributed by atoms with Gasteiger partial charge in [-0.15, -0.1) is 0 Å². The normalized spacial score (nSPS) is 20.1. The van der Waals surface area contributed by atoms with Gasteiger partial charge in [0.15, 0.2) is 11.6 Å². The van der Waals surface area contributed by atoms with Crippen LogP contribution in [0.2, 0.25) is 0 Å². The number of amides is 1. The lowest BCUT2D eigenvalue weighted by atomic mass is 10.3. The number of anilines is 1. The predicted molar refractivity (Wildman–Crippen MR) is 92.7 cm³/mol. The Kier molecular flexibility index (Phi) is 4.45. The highest BCUT2D eigenvalue weighted by Gasteiger charge is 2.30. The molecular weight excluding hydrogens is 318 g/mol. The molecule has 0 N–H and O–H groups in total. The van der Waals surface area contributed by atoms with Crippen LogP contribution in [-0.4, -0.2) is 58.0 Å². The lowest BCUT2D eigenvalue weighted by Gasteiger charge is -2.22.